The van der Waals surface area contributed by atoms with Gasteiger partial charge in [-0.15, -0.1) is 0 Å². The number of nitrogens with one attached hydrogen (secondary N) is 2. The Morgan fingerprint density at radius 3 is 2.61 bits per heavy atom. The maximum absolute atomic E-state index is 4.32. The van der Waals surface area contributed by atoms with E-state index in [0.717, 1.165) is 24.6 Å². The number of benzene rings is 1. The topological polar surface area (TPSA) is 49.3 Å². The minimum Gasteiger partial charge on any atom is -0.356 e. The Labute approximate surface area is 139 Å². The van der Waals surface area contributed by atoms with Crippen LogP contribution in [0.4, 0.5) is 0 Å². The summed E-state index contributed by atoms with van der Waals surface area (Å²) >= 11 is 0. The second-order valence-electron chi connectivity index (χ2n) is 5.78. The Morgan fingerprint density at radius 1 is 1.17 bits per heavy atom. The van der Waals surface area contributed by atoms with Crippen molar-refractivity contribution in [2.75, 3.05) is 13.6 Å². The fraction of sp³-hybridized carbons (Fsp3) is 0.368. The van der Waals surface area contributed by atoms with Crippen LogP contribution in [0.25, 0.3) is 0 Å². The molecule has 0 fully saturated rings. The molecule has 1 atom stereocenters. The standard InChI is InChI=1S/C19H26N4/c1-14-7-5-6-8-18(14)16(3)23-19(20-4)21-12-11-17-10-9-15(2)22-13-17/h5-10,13,16H,11-12H2,1-4H3,(H2,20,21,23). The zero-order chi connectivity index (χ0) is 16.7. The van der Waals surface area contributed by atoms with Gasteiger partial charge in [-0.2, -0.15) is 0 Å². The molecule has 1 heterocycles. The summed E-state index contributed by atoms with van der Waals surface area (Å²) in [6.07, 6.45) is 2.86. The van der Waals surface area contributed by atoms with Crippen LogP contribution in [0.1, 0.15) is 35.3 Å². The predicted octanol–water partition coefficient (Wildman–Crippen LogP) is 3.17. The normalized spacial score (nSPS) is 12.8. The number of hydrogen-bond acceptors (Lipinski definition) is 2. The molecule has 2 aromatic rings. The summed E-state index contributed by atoms with van der Waals surface area (Å²) in [5.41, 5.74) is 4.85. The molecule has 1 unspecified atom stereocenters. The van der Waals surface area contributed by atoms with Gasteiger partial charge in [-0.3, -0.25) is 9.98 Å². The van der Waals surface area contributed by atoms with Gasteiger partial charge < -0.3 is 10.6 Å². The summed E-state index contributed by atoms with van der Waals surface area (Å²) in [5.74, 6) is 0.820. The Kier molecular flexibility index (Phi) is 6.15. The first-order valence-corrected chi connectivity index (χ1v) is 8.04. The second-order valence-corrected chi connectivity index (χ2v) is 5.78. The predicted molar refractivity (Wildman–Crippen MR) is 96.8 cm³/mol. The van der Waals surface area contributed by atoms with E-state index in [1.807, 2.05) is 19.2 Å². The molecule has 0 bridgehead atoms. The molecule has 0 spiro atoms. The number of hydrogen-bond donors (Lipinski definition) is 2. The van der Waals surface area contributed by atoms with Crippen LogP contribution in [0.15, 0.2) is 47.6 Å². The Morgan fingerprint density at radius 2 is 1.96 bits per heavy atom. The van der Waals surface area contributed by atoms with E-state index in [0.29, 0.717) is 0 Å². The lowest BCUT2D eigenvalue weighted by atomic mass is 10.0. The van der Waals surface area contributed by atoms with Gasteiger partial charge >= 0.3 is 0 Å². The Hall–Kier alpha value is -2.36. The summed E-state index contributed by atoms with van der Waals surface area (Å²) in [4.78, 5) is 8.63. The van der Waals surface area contributed by atoms with Crippen LogP contribution in [0.5, 0.6) is 0 Å². The highest BCUT2D eigenvalue weighted by molar-refractivity contribution is 5.80. The van der Waals surface area contributed by atoms with Gasteiger partial charge in [-0.25, -0.2) is 0 Å². The Bertz CT molecular complexity index is 647. The lowest BCUT2D eigenvalue weighted by molar-refractivity contribution is 0.680. The average Bonchev–Trinajstić information content (AvgIpc) is 2.56. The van der Waals surface area contributed by atoms with Crippen molar-refractivity contribution in [3.8, 4) is 0 Å². The fourth-order valence-electron chi connectivity index (χ4n) is 2.52. The molecule has 4 heteroatoms. The first-order valence-electron chi connectivity index (χ1n) is 8.04. The molecular formula is C19H26N4. The lowest BCUT2D eigenvalue weighted by Crippen LogP contribution is -2.39. The van der Waals surface area contributed by atoms with Crippen molar-refractivity contribution < 1.29 is 0 Å². The third kappa shape index (κ3) is 5.09. The number of nitrogens with zero attached hydrogens (tertiary/aromatic N) is 2. The van der Waals surface area contributed by atoms with E-state index in [2.05, 4.69) is 64.8 Å². The van der Waals surface area contributed by atoms with Crippen molar-refractivity contribution in [2.45, 2.75) is 33.2 Å². The van der Waals surface area contributed by atoms with E-state index in [9.17, 15) is 0 Å². The molecule has 0 amide bonds. The maximum Gasteiger partial charge on any atom is 0.191 e. The molecular weight excluding hydrogens is 284 g/mol. The minimum atomic E-state index is 0.212. The summed E-state index contributed by atoms with van der Waals surface area (Å²) in [7, 11) is 1.80. The number of rotatable bonds is 5. The van der Waals surface area contributed by atoms with E-state index in [1.165, 1.54) is 16.7 Å². The quantitative estimate of drug-likeness (QED) is 0.659. The molecule has 0 aliphatic heterocycles. The summed E-state index contributed by atoms with van der Waals surface area (Å²) < 4.78 is 0. The van der Waals surface area contributed by atoms with Crippen molar-refractivity contribution >= 4 is 5.96 Å². The van der Waals surface area contributed by atoms with Gasteiger partial charge in [0.05, 0.1) is 6.04 Å². The first kappa shape index (κ1) is 17.0. The molecule has 0 radical (unpaired) electrons. The molecule has 1 aromatic carbocycles. The van der Waals surface area contributed by atoms with Crippen LogP contribution in [-0.2, 0) is 6.42 Å². The van der Waals surface area contributed by atoms with Gasteiger partial charge in [0, 0.05) is 25.5 Å². The minimum absolute atomic E-state index is 0.212. The van der Waals surface area contributed by atoms with E-state index in [4.69, 9.17) is 0 Å². The van der Waals surface area contributed by atoms with Crippen molar-refractivity contribution in [3.05, 3.63) is 65.0 Å². The Balaban J connectivity index is 1.86. The fourth-order valence-corrected chi connectivity index (χ4v) is 2.52. The summed E-state index contributed by atoms with van der Waals surface area (Å²) in [6, 6.07) is 12.8. The number of aliphatic imine (C=N–C) groups is 1. The largest absolute Gasteiger partial charge is 0.356 e. The highest BCUT2D eigenvalue weighted by Crippen LogP contribution is 2.16. The van der Waals surface area contributed by atoms with Crippen molar-refractivity contribution in [1.82, 2.24) is 15.6 Å². The molecule has 0 aliphatic carbocycles. The van der Waals surface area contributed by atoms with Gasteiger partial charge in [0.2, 0.25) is 0 Å². The molecule has 0 aliphatic rings. The van der Waals surface area contributed by atoms with Crippen molar-refractivity contribution in [3.63, 3.8) is 0 Å². The van der Waals surface area contributed by atoms with E-state index in [1.54, 1.807) is 7.05 Å². The molecule has 0 saturated heterocycles. The molecule has 2 N–H and O–H groups in total. The zero-order valence-corrected chi connectivity index (χ0v) is 14.4. The summed E-state index contributed by atoms with van der Waals surface area (Å²) in [6.45, 7) is 7.11. The van der Waals surface area contributed by atoms with E-state index < -0.39 is 0 Å². The monoisotopic (exact) mass is 310 g/mol. The van der Waals surface area contributed by atoms with Gasteiger partial charge in [0.15, 0.2) is 5.96 Å². The molecule has 2 rings (SSSR count). The van der Waals surface area contributed by atoms with Gasteiger partial charge in [-0.1, -0.05) is 30.3 Å². The van der Waals surface area contributed by atoms with E-state index in [-0.39, 0.29) is 6.04 Å². The second kappa shape index (κ2) is 8.32. The molecule has 0 saturated carbocycles. The van der Waals surface area contributed by atoms with Crippen molar-refractivity contribution in [2.24, 2.45) is 4.99 Å². The van der Waals surface area contributed by atoms with Gasteiger partial charge in [-0.05, 0) is 49.9 Å². The molecule has 23 heavy (non-hydrogen) atoms. The first-order chi connectivity index (χ1) is 11.1. The number of pyridine rings is 1. The van der Waals surface area contributed by atoms with Crippen LogP contribution >= 0.6 is 0 Å². The van der Waals surface area contributed by atoms with Gasteiger partial charge in [0.25, 0.3) is 0 Å². The van der Waals surface area contributed by atoms with Crippen LogP contribution in [0, 0.1) is 13.8 Å². The smallest absolute Gasteiger partial charge is 0.191 e. The molecule has 122 valence electrons. The SMILES string of the molecule is CN=C(NCCc1ccc(C)nc1)NC(C)c1ccccc1C. The third-order valence-electron chi connectivity index (χ3n) is 3.91. The molecule has 4 nitrogen and oxygen atoms in total. The zero-order valence-electron chi connectivity index (χ0n) is 14.4. The lowest BCUT2D eigenvalue weighted by Gasteiger charge is -2.19. The van der Waals surface area contributed by atoms with Crippen LogP contribution in [-0.4, -0.2) is 24.5 Å². The number of guanidine groups is 1. The van der Waals surface area contributed by atoms with Crippen LogP contribution in [0.3, 0.4) is 0 Å². The third-order valence-corrected chi connectivity index (χ3v) is 3.91. The molecule has 1 aromatic heterocycles. The number of aryl methyl sites for hydroxylation is 2. The van der Waals surface area contributed by atoms with Crippen molar-refractivity contribution in [1.29, 1.82) is 0 Å². The van der Waals surface area contributed by atoms with Crippen LogP contribution in [0.2, 0.25) is 0 Å². The number of aromatic nitrogens is 1. The van der Waals surface area contributed by atoms with Crippen LogP contribution < -0.4 is 10.6 Å². The van der Waals surface area contributed by atoms with E-state index >= 15 is 0 Å². The highest BCUT2D eigenvalue weighted by atomic mass is 15.2. The van der Waals surface area contributed by atoms with Gasteiger partial charge in [0.1, 0.15) is 0 Å². The maximum atomic E-state index is 4.32. The summed E-state index contributed by atoms with van der Waals surface area (Å²) in [5, 5.41) is 6.81. The highest BCUT2D eigenvalue weighted by Gasteiger charge is 2.09. The average molecular weight is 310 g/mol.